The first-order valence-electron chi connectivity index (χ1n) is 7.13. The number of thiol groups is 1. The Labute approximate surface area is 125 Å². The van der Waals surface area contributed by atoms with Gasteiger partial charge >= 0.3 is 0 Å². The van der Waals surface area contributed by atoms with Gasteiger partial charge in [-0.05, 0) is 45.1 Å². The number of hydrogen-bond donors (Lipinski definition) is 1. The lowest BCUT2D eigenvalue weighted by Crippen LogP contribution is -2.28. The van der Waals surface area contributed by atoms with Crippen LogP contribution in [0.5, 0.6) is 0 Å². The largest absolute Gasteiger partial charge is 0.143 e. The summed E-state index contributed by atoms with van der Waals surface area (Å²) in [6.07, 6.45) is 0. The average molecular weight is 279 g/mol. The van der Waals surface area contributed by atoms with Gasteiger partial charge in [0.25, 0.3) is 0 Å². The Hall–Kier alpha value is -0.430. The molecule has 1 heteroatoms. The molecule has 0 saturated heterocycles. The molecule has 108 valence electrons. The van der Waals surface area contributed by atoms with E-state index >= 15 is 0 Å². The highest BCUT2D eigenvalue weighted by Gasteiger charge is 2.31. The van der Waals surface area contributed by atoms with Gasteiger partial charge in [0.15, 0.2) is 0 Å². The predicted molar refractivity (Wildman–Crippen MR) is 89.8 cm³/mol. The molecule has 0 nitrogen and oxygen atoms in total. The molecule has 0 spiro atoms. The van der Waals surface area contributed by atoms with Crippen molar-refractivity contribution in [3.05, 3.63) is 28.8 Å². The minimum absolute atomic E-state index is 0.140. The van der Waals surface area contributed by atoms with Crippen LogP contribution in [0.1, 0.15) is 79.0 Å². The Morgan fingerprint density at radius 2 is 0.947 bits per heavy atom. The summed E-state index contributed by atoms with van der Waals surface area (Å²) in [6, 6.07) is 4.50. The molecule has 0 heterocycles. The Bertz CT molecular complexity index is 427. The maximum absolute atomic E-state index is 4.63. The highest BCUT2D eigenvalue weighted by molar-refractivity contribution is 7.80. The van der Waals surface area contributed by atoms with E-state index in [1.165, 1.54) is 16.7 Å². The van der Waals surface area contributed by atoms with E-state index in [-0.39, 0.29) is 16.2 Å². The standard InChI is InChI=1S/C18H30S/c1-16(2,3)13-10-12(19)11-14(17(4,5)6)15(13)18(7,8)9/h10-11,19H,1-9H3. The Kier molecular flexibility index (Phi) is 4.23. The third kappa shape index (κ3) is 3.78. The Morgan fingerprint density at radius 1 is 0.632 bits per heavy atom. The second-order valence-corrected chi connectivity index (χ2v) is 9.18. The van der Waals surface area contributed by atoms with E-state index < -0.39 is 0 Å². The van der Waals surface area contributed by atoms with E-state index in [2.05, 4.69) is 87.1 Å². The van der Waals surface area contributed by atoms with Crippen LogP contribution in [-0.4, -0.2) is 0 Å². The summed E-state index contributed by atoms with van der Waals surface area (Å²) < 4.78 is 0. The van der Waals surface area contributed by atoms with Gasteiger partial charge in [-0.2, -0.15) is 0 Å². The van der Waals surface area contributed by atoms with Gasteiger partial charge < -0.3 is 0 Å². The van der Waals surface area contributed by atoms with Crippen LogP contribution in [0.2, 0.25) is 0 Å². The fourth-order valence-corrected chi connectivity index (χ4v) is 2.88. The van der Waals surface area contributed by atoms with Crippen molar-refractivity contribution in [3.8, 4) is 0 Å². The number of rotatable bonds is 0. The van der Waals surface area contributed by atoms with Crippen molar-refractivity contribution in [2.24, 2.45) is 0 Å². The van der Waals surface area contributed by atoms with Crippen LogP contribution in [0.25, 0.3) is 0 Å². The summed E-state index contributed by atoms with van der Waals surface area (Å²) in [5.74, 6) is 0. The molecule has 0 fully saturated rings. The summed E-state index contributed by atoms with van der Waals surface area (Å²) in [5, 5.41) is 0. The van der Waals surface area contributed by atoms with Crippen molar-refractivity contribution >= 4 is 12.6 Å². The van der Waals surface area contributed by atoms with Crippen molar-refractivity contribution in [1.82, 2.24) is 0 Å². The van der Waals surface area contributed by atoms with Crippen LogP contribution >= 0.6 is 12.6 Å². The lowest BCUT2D eigenvalue weighted by Gasteiger charge is -2.36. The van der Waals surface area contributed by atoms with E-state index in [1.807, 2.05) is 0 Å². The van der Waals surface area contributed by atoms with Crippen LogP contribution in [0.3, 0.4) is 0 Å². The molecule has 0 aromatic heterocycles. The van der Waals surface area contributed by atoms with Gasteiger partial charge in [-0.1, -0.05) is 62.3 Å². The van der Waals surface area contributed by atoms with E-state index in [4.69, 9.17) is 0 Å². The van der Waals surface area contributed by atoms with Crippen molar-refractivity contribution in [2.45, 2.75) is 83.5 Å². The fraction of sp³-hybridized carbons (Fsp3) is 0.667. The zero-order chi connectivity index (χ0) is 15.2. The molecule has 0 unspecified atom stereocenters. The molecule has 1 aromatic carbocycles. The van der Waals surface area contributed by atoms with Gasteiger partial charge in [0, 0.05) is 4.90 Å². The molecule has 19 heavy (non-hydrogen) atoms. The second kappa shape index (κ2) is 4.84. The normalized spacial score (nSPS) is 13.8. The number of hydrogen-bond acceptors (Lipinski definition) is 1. The summed E-state index contributed by atoms with van der Waals surface area (Å²) in [5.41, 5.74) is 4.77. The van der Waals surface area contributed by atoms with Gasteiger partial charge in [0.2, 0.25) is 0 Å². The second-order valence-electron chi connectivity index (χ2n) is 8.67. The molecule has 1 aromatic rings. The molecular formula is C18H30S. The highest BCUT2D eigenvalue weighted by Crippen LogP contribution is 2.41. The van der Waals surface area contributed by atoms with Crippen molar-refractivity contribution in [3.63, 3.8) is 0 Å². The van der Waals surface area contributed by atoms with Gasteiger partial charge in [0.1, 0.15) is 0 Å². The molecule has 0 amide bonds. The first kappa shape index (κ1) is 16.6. The van der Waals surface area contributed by atoms with E-state index in [0.29, 0.717) is 0 Å². The van der Waals surface area contributed by atoms with Crippen LogP contribution in [0.4, 0.5) is 0 Å². The van der Waals surface area contributed by atoms with Gasteiger partial charge in [-0.25, -0.2) is 0 Å². The van der Waals surface area contributed by atoms with E-state index in [1.54, 1.807) is 0 Å². The lowest BCUT2D eigenvalue weighted by molar-refractivity contribution is 0.495. The third-order valence-corrected chi connectivity index (χ3v) is 3.75. The van der Waals surface area contributed by atoms with Crippen LogP contribution in [-0.2, 0) is 16.2 Å². The van der Waals surface area contributed by atoms with Crippen LogP contribution in [0.15, 0.2) is 17.0 Å². The molecular weight excluding hydrogens is 248 g/mol. The fourth-order valence-electron chi connectivity index (χ4n) is 2.62. The van der Waals surface area contributed by atoms with Crippen LogP contribution < -0.4 is 0 Å². The zero-order valence-electron chi connectivity index (χ0n) is 14.1. The van der Waals surface area contributed by atoms with Gasteiger partial charge in [-0.3, -0.25) is 0 Å². The molecule has 0 N–H and O–H groups in total. The quantitative estimate of drug-likeness (QED) is 0.564. The monoisotopic (exact) mass is 278 g/mol. The summed E-state index contributed by atoms with van der Waals surface area (Å²) in [6.45, 7) is 20.7. The van der Waals surface area contributed by atoms with Gasteiger partial charge in [0.05, 0.1) is 0 Å². The smallest absolute Gasteiger partial charge is 0.00460 e. The minimum atomic E-state index is 0.140. The lowest BCUT2D eigenvalue weighted by atomic mass is 9.69. The van der Waals surface area contributed by atoms with Crippen molar-refractivity contribution in [1.29, 1.82) is 0 Å². The predicted octanol–water partition coefficient (Wildman–Crippen LogP) is 5.87. The van der Waals surface area contributed by atoms with Crippen molar-refractivity contribution < 1.29 is 0 Å². The molecule has 0 atom stereocenters. The van der Waals surface area contributed by atoms with Gasteiger partial charge in [-0.15, -0.1) is 12.6 Å². The number of benzene rings is 1. The first-order valence-corrected chi connectivity index (χ1v) is 7.58. The summed E-state index contributed by atoms with van der Waals surface area (Å²) >= 11 is 4.63. The topological polar surface area (TPSA) is 0 Å². The molecule has 0 radical (unpaired) electrons. The molecule has 0 aliphatic carbocycles. The molecule has 0 aliphatic rings. The van der Waals surface area contributed by atoms with Crippen LogP contribution in [0, 0.1) is 0 Å². The Balaban J connectivity index is 3.80. The van der Waals surface area contributed by atoms with E-state index in [0.717, 1.165) is 4.90 Å². The summed E-state index contributed by atoms with van der Waals surface area (Å²) in [4.78, 5) is 1.07. The minimum Gasteiger partial charge on any atom is -0.143 e. The maximum Gasteiger partial charge on any atom is 0.00460 e. The zero-order valence-corrected chi connectivity index (χ0v) is 15.0. The maximum atomic E-state index is 4.63. The average Bonchev–Trinajstić information content (AvgIpc) is 2.11. The highest BCUT2D eigenvalue weighted by atomic mass is 32.1. The Morgan fingerprint density at radius 3 is 1.16 bits per heavy atom. The SMILES string of the molecule is CC(C)(C)c1cc(S)cc(C(C)(C)C)c1C(C)(C)C. The van der Waals surface area contributed by atoms with Crippen molar-refractivity contribution in [2.75, 3.05) is 0 Å². The molecule has 1 rings (SSSR count). The third-order valence-electron chi connectivity index (χ3n) is 3.49. The molecule has 0 aliphatic heterocycles. The van der Waals surface area contributed by atoms with E-state index in [9.17, 15) is 0 Å². The molecule has 0 bridgehead atoms. The first-order chi connectivity index (χ1) is 8.24. The summed E-state index contributed by atoms with van der Waals surface area (Å²) in [7, 11) is 0. The molecule has 0 saturated carbocycles.